The maximum absolute atomic E-state index is 5.48. The molecule has 1 rings (SSSR count). The molecule has 3 nitrogen and oxygen atoms in total. The third kappa shape index (κ3) is 3.74. The topological polar surface area (TPSA) is 30.8 Å². The maximum atomic E-state index is 5.48. The van der Waals surface area contributed by atoms with Crippen molar-refractivity contribution in [2.75, 3.05) is 26.6 Å². The summed E-state index contributed by atoms with van der Waals surface area (Å²) in [6.07, 6.45) is 2.58. The molecule has 0 amide bonds. The molecule has 0 N–H and O–H groups in total. The molecule has 0 bridgehead atoms. The lowest BCUT2D eigenvalue weighted by Gasteiger charge is -2.08. The molecule has 0 spiro atoms. The van der Waals surface area contributed by atoms with E-state index in [1.807, 2.05) is 18.2 Å². The van der Waals surface area contributed by atoms with Crippen LogP contribution >= 0.6 is 11.6 Å². The molecule has 0 heterocycles. The fourth-order valence-electron chi connectivity index (χ4n) is 1.37. The van der Waals surface area contributed by atoms with E-state index in [9.17, 15) is 0 Å². The Hall–Kier alpha value is -1.22. The molecule has 0 unspecified atom stereocenters. The van der Waals surface area contributed by atoms with Crippen LogP contribution in [0.15, 0.2) is 23.2 Å². The quantitative estimate of drug-likeness (QED) is 0.566. The second-order valence-corrected chi connectivity index (χ2v) is 3.49. The molecule has 0 aliphatic heterocycles. The molecule has 1 aromatic carbocycles. The Bertz CT molecular complexity index is 353. The molecule has 0 aromatic heterocycles. The van der Waals surface area contributed by atoms with Crippen LogP contribution in [0.1, 0.15) is 5.56 Å². The second-order valence-electron chi connectivity index (χ2n) is 3.18. The van der Waals surface area contributed by atoms with E-state index in [0.717, 1.165) is 24.5 Å². The van der Waals surface area contributed by atoms with Gasteiger partial charge in [-0.05, 0) is 24.1 Å². The van der Waals surface area contributed by atoms with Crippen LogP contribution in [-0.2, 0) is 6.42 Å². The van der Waals surface area contributed by atoms with Crippen LogP contribution in [0.4, 0.5) is 0 Å². The minimum absolute atomic E-state index is 0.464. The average Bonchev–Trinajstić information content (AvgIpc) is 2.34. The summed E-state index contributed by atoms with van der Waals surface area (Å²) in [5.74, 6) is 1.96. The largest absolute Gasteiger partial charge is 0.493 e. The molecule has 1 aromatic rings. The number of nitrogens with zero attached hydrogens (tertiary/aromatic N) is 1. The molecule has 0 radical (unpaired) electrons. The number of hydrogen-bond donors (Lipinski definition) is 0. The number of aliphatic imine (C=N–C) groups is 1. The molecule has 4 heteroatoms. The van der Waals surface area contributed by atoms with Gasteiger partial charge in [-0.25, -0.2) is 0 Å². The van der Waals surface area contributed by atoms with Crippen molar-refractivity contribution in [3.05, 3.63) is 23.8 Å². The van der Waals surface area contributed by atoms with E-state index in [-0.39, 0.29) is 0 Å². The van der Waals surface area contributed by atoms with E-state index >= 15 is 0 Å². The predicted octanol–water partition coefficient (Wildman–Crippen LogP) is 2.56. The fourth-order valence-corrected chi connectivity index (χ4v) is 1.47. The molecular formula is C12H16ClNO2. The number of ether oxygens (including phenoxy) is 2. The molecule has 0 aliphatic rings. The molecule has 88 valence electrons. The predicted molar refractivity (Wildman–Crippen MR) is 67.3 cm³/mol. The summed E-state index contributed by atoms with van der Waals surface area (Å²) in [6, 6.07) is 5.88. The highest BCUT2D eigenvalue weighted by Gasteiger charge is 2.03. The number of benzene rings is 1. The first-order valence-corrected chi connectivity index (χ1v) is 5.60. The summed E-state index contributed by atoms with van der Waals surface area (Å²) >= 11 is 5.48. The van der Waals surface area contributed by atoms with Gasteiger partial charge >= 0.3 is 0 Å². The van der Waals surface area contributed by atoms with Crippen LogP contribution in [-0.4, -0.2) is 32.9 Å². The summed E-state index contributed by atoms with van der Waals surface area (Å²) in [5, 5.41) is 0. The van der Waals surface area contributed by atoms with E-state index in [1.54, 1.807) is 20.4 Å². The van der Waals surface area contributed by atoms with Gasteiger partial charge in [0, 0.05) is 12.8 Å². The summed E-state index contributed by atoms with van der Waals surface area (Å²) < 4.78 is 10.4. The molecule has 16 heavy (non-hydrogen) atoms. The molecule has 0 saturated heterocycles. The van der Waals surface area contributed by atoms with Gasteiger partial charge in [0.25, 0.3) is 0 Å². The molecule has 0 saturated carbocycles. The lowest BCUT2D eigenvalue weighted by atomic mass is 10.1. The number of halogens is 1. The van der Waals surface area contributed by atoms with Crippen molar-refractivity contribution < 1.29 is 9.47 Å². The minimum Gasteiger partial charge on any atom is -0.493 e. The SMILES string of the molecule is COc1ccc(CCN=CCCl)cc1OC. The Labute approximate surface area is 101 Å². The number of alkyl halides is 1. The van der Waals surface area contributed by atoms with Gasteiger partial charge in [0.1, 0.15) is 0 Å². The van der Waals surface area contributed by atoms with Crippen molar-refractivity contribution in [2.45, 2.75) is 6.42 Å². The first kappa shape index (κ1) is 12.8. The average molecular weight is 242 g/mol. The summed E-state index contributed by atoms with van der Waals surface area (Å²) in [4.78, 5) is 4.15. The molecule has 0 aliphatic carbocycles. The van der Waals surface area contributed by atoms with Gasteiger partial charge in [-0.3, -0.25) is 4.99 Å². The van der Waals surface area contributed by atoms with Gasteiger partial charge in [0.15, 0.2) is 11.5 Å². The highest BCUT2D eigenvalue weighted by atomic mass is 35.5. The Morgan fingerprint density at radius 3 is 2.62 bits per heavy atom. The first-order valence-electron chi connectivity index (χ1n) is 5.07. The van der Waals surface area contributed by atoms with Crippen LogP contribution in [0.25, 0.3) is 0 Å². The Balaban J connectivity index is 2.64. The summed E-state index contributed by atoms with van der Waals surface area (Å²) in [5.41, 5.74) is 1.17. The third-order valence-corrected chi connectivity index (χ3v) is 2.31. The van der Waals surface area contributed by atoms with E-state index in [2.05, 4.69) is 4.99 Å². The van der Waals surface area contributed by atoms with Gasteiger partial charge in [-0.1, -0.05) is 6.07 Å². The number of hydrogen-bond acceptors (Lipinski definition) is 3. The van der Waals surface area contributed by atoms with Gasteiger partial charge in [0.2, 0.25) is 0 Å². The number of rotatable bonds is 6. The highest BCUT2D eigenvalue weighted by molar-refractivity contribution is 6.24. The van der Waals surface area contributed by atoms with Gasteiger partial charge in [-0.2, -0.15) is 0 Å². The normalized spacial score (nSPS) is 10.7. The van der Waals surface area contributed by atoms with E-state index in [1.165, 1.54) is 5.56 Å². The van der Waals surface area contributed by atoms with Crippen molar-refractivity contribution in [2.24, 2.45) is 4.99 Å². The lowest BCUT2D eigenvalue weighted by molar-refractivity contribution is 0.354. The summed E-state index contributed by atoms with van der Waals surface area (Å²) in [7, 11) is 3.26. The Morgan fingerprint density at radius 2 is 2.00 bits per heavy atom. The van der Waals surface area contributed by atoms with E-state index in [0.29, 0.717) is 5.88 Å². The molecule has 0 atom stereocenters. The second kappa shape index (κ2) is 7.12. The van der Waals surface area contributed by atoms with Gasteiger partial charge < -0.3 is 9.47 Å². The zero-order valence-electron chi connectivity index (χ0n) is 9.57. The zero-order valence-corrected chi connectivity index (χ0v) is 10.3. The lowest BCUT2D eigenvalue weighted by Crippen LogP contribution is -1.94. The highest BCUT2D eigenvalue weighted by Crippen LogP contribution is 2.27. The van der Waals surface area contributed by atoms with Crippen molar-refractivity contribution in [1.29, 1.82) is 0 Å². The fraction of sp³-hybridized carbons (Fsp3) is 0.417. The van der Waals surface area contributed by atoms with Crippen LogP contribution in [0.5, 0.6) is 11.5 Å². The zero-order chi connectivity index (χ0) is 11.8. The third-order valence-electron chi connectivity index (χ3n) is 2.18. The van der Waals surface area contributed by atoms with E-state index < -0.39 is 0 Å². The standard InChI is InChI=1S/C12H16ClNO2/c1-15-11-4-3-10(9-12(11)16-2)5-7-14-8-6-13/h3-4,8-9H,5-7H2,1-2H3. The number of methoxy groups -OCH3 is 2. The smallest absolute Gasteiger partial charge is 0.160 e. The van der Waals surface area contributed by atoms with Gasteiger partial charge in [0.05, 0.1) is 20.1 Å². The Morgan fingerprint density at radius 1 is 1.25 bits per heavy atom. The van der Waals surface area contributed by atoms with Crippen LogP contribution in [0.3, 0.4) is 0 Å². The van der Waals surface area contributed by atoms with Crippen molar-refractivity contribution in [1.82, 2.24) is 0 Å². The molecule has 0 fully saturated rings. The Kier molecular flexibility index (Phi) is 5.72. The summed E-state index contributed by atoms with van der Waals surface area (Å²) in [6.45, 7) is 0.738. The first-order chi connectivity index (χ1) is 7.81. The van der Waals surface area contributed by atoms with Crippen LogP contribution in [0.2, 0.25) is 0 Å². The molecular weight excluding hydrogens is 226 g/mol. The van der Waals surface area contributed by atoms with Gasteiger partial charge in [-0.15, -0.1) is 11.6 Å². The van der Waals surface area contributed by atoms with Crippen molar-refractivity contribution in [3.8, 4) is 11.5 Å². The maximum Gasteiger partial charge on any atom is 0.160 e. The van der Waals surface area contributed by atoms with Crippen molar-refractivity contribution in [3.63, 3.8) is 0 Å². The minimum atomic E-state index is 0.464. The van der Waals surface area contributed by atoms with Crippen LogP contribution < -0.4 is 9.47 Å². The van der Waals surface area contributed by atoms with E-state index in [4.69, 9.17) is 21.1 Å². The van der Waals surface area contributed by atoms with Crippen LogP contribution in [0, 0.1) is 0 Å². The van der Waals surface area contributed by atoms with Crippen molar-refractivity contribution >= 4 is 17.8 Å². The monoisotopic (exact) mass is 241 g/mol.